The summed E-state index contributed by atoms with van der Waals surface area (Å²) in [5, 5.41) is 15.5. The zero-order valence-electron chi connectivity index (χ0n) is 21.3. The number of likely N-dealkylation sites (tertiary alicyclic amines) is 1. The Morgan fingerprint density at radius 1 is 0.842 bits per heavy atom. The lowest BCUT2D eigenvalue weighted by Crippen LogP contribution is -2.44. The van der Waals surface area contributed by atoms with Gasteiger partial charge in [-0.2, -0.15) is 5.26 Å². The van der Waals surface area contributed by atoms with Crippen molar-refractivity contribution in [3.63, 3.8) is 0 Å². The van der Waals surface area contributed by atoms with Crippen LogP contribution in [0.5, 0.6) is 0 Å². The number of benzene rings is 3. The Kier molecular flexibility index (Phi) is 8.07. The summed E-state index contributed by atoms with van der Waals surface area (Å²) in [7, 11) is 0. The predicted octanol–water partition coefficient (Wildman–Crippen LogP) is 5.68. The molecule has 2 heterocycles. The number of rotatable bonds is 8. The highest BCUT2D eigenvalue weighted by Gasteiger charge is 2.21. The number of hydrogen-bond donors (Lipinski definition) is 2. The highest BCUT2D eigenvalue weighted by molar-refractivity contribution is 5.92. The molecule has 0 spiro atoms. The topological polar surface area (TPSA) is 81.0 Å². The monoisotopic (exact) mass is 501 g/mol. The van der Waals surface area contributed by atoms with Crippen molar-refractivity contribution >= 4 is 17.3 Å². The van der Waals surface area contributed by atoms with E-state index in [0.717, 1.165) is 50.3 Å². The van der Waals surface area contributed by atoms with E-state index in [-0.39, 0.29) is 11.9 Å². The molecule has 0 bridgehead atoms. The van der Waals surface area contributed by atoms with Gasteiger partial charge in [-0.25, -0.2) is 4.98 Å². The molecule has 1 amide bonds. The molecule has 38 heavy (non-hydrogen) atoms. The van der Waals surface area contributed by atoms with Crippen LogP contribution in [0.25, 0.3) is 0 Å². The number of hydrogen-bond acceptors (Lipinski definition) is 5. The summed E-state index contributed by atoms with van der Waals surface area (Å²) in [5.41, 5.74) is 6.68. The molecule has 1 aliphatic heterocycles. The Balaban J connectivity index is 1.07. The third-order valence-corrected chi connectivity index (χ3v) is 6.90. The lowest BCUT2D eigenvalue weighted by Gasteiger charge is -2.32. The number of amides is 1. The minimum Gasteiger partial charge on any atom is -0.354 e. The zero-order valence-corrected chi connectivity index (χ0v) is 21.3. The standard InChI is InChI=1S/C32H31N5O/c33-21-26-6-8-27(9-7-26)23-37-18-16-29(17-19-37)36-32(38)31-15-14-30(22-34-31)35-28-12-10-25(11-13-28)20-24-4-2-1-3-5-24/h1-15,22,29,35H,16-20,23H2,(H,36,38). The van der Waals surface area contributed by atoms with E-state index in [1.165, 1.54) is 16.7 Å². The van der Waals surface area contributed by atoms with Crippen molar-refractivity contribution < 1.29 is 4.79 Å². The molecule has 1 aromatic heterocycles. The minimum absolute atomic E-state index is 0.132. The molecule has 3 aromatic carbocycles. The van der Waals surface area contributed by atoms with Crippen molar-refractivity contribution in [3.8, 4) is 6.07 Å². The lowest BCUT2D eigenvalue weighted by molar-refractivity contribution is 0.0904. The van der Waals surface area contributed by atoms with E-state index < -0.39 is 0 Å². The van der Waals surface area contributed by atoms with E-state index in [9.17, 15) is 4.79 Å². The van der Waals surface area contributed by atoms with Gasteiger partial charge in [0.25, 0.3) is 5.91 Å². The van der Waals surface area contributed by atoms with E-state index >= 15 is 0 Å². The Bertz CT molecular complexity index is 1370. The summed E-state index contributed by atoms with van der Waals surface area (Å²) in [6, 6.07) is 32.5. The van der Waals surface area contributed by atoms with Crippen molar-refractivity contribution in [3.05, 3.63) is 125 Å². The third-order valence-electron chi connectivity index (χ3n) is 6.90. The molecule has 6 heteroatoms. The number of carbonyl (C=O) groups excluding carboxylic acids is 1. The van der Waals surface area contributed by atoms with Gasteiger partial charge >= 0.3 is 0 Å². The van der Waals surface area contributed by atoms with Gasteiger partial charge in [0.1, 0.15) is 5.69 Å². The molecule has 1 aliphatic rings. The van der Waals surface area contributed by atoms with Crippen molar-refractivity contribution in [2.45, 2.75) is 31.8 Å². The van der Waals surface area contributed by atoms with Crippen molar-refractivity contribution in [2.24, 2.45) is 0 Å². The Morgan fingerprint density at radius 3 is 2.16 bits per heavy atom. The molecular weight excluding hydrogens is 470 g/mol. The maximum absolute atomic E-state index is 12.8. The molecule has 0 atom stereocenters. The summed E-state index contributed by atoms with van der Waals surface area (Å²) >= 11 is 0. The van der Waals surface area contributed by atoms with Gasteiger partial charge in [-0.15, -0.1) is 0 Å². The summed E-state index contributed by atoms with van der Waals surface area (Å²) in [4.78, 5) is 19.5. The van der Waals surface area contributed by atoms with Gasteiger partial charge in [0.05, 0.1) is 23.5 Å². The van der Waals surface area contributed by atoms with E-state index in [0.29, 0.717) is 11.3 Å². The molecular formula is C32H31N5O. The van der Waals surface area contributed by atoms with E-state index in [1.807, 2.05) is 36.4 Å². The van der Waals surface area contributed by atoms with Crippen LogP contribution in [0, 0.1) is 11.3 Å². The molecule has 190 valence electrons. The quantitative estimate of drug-likeness (QED) is 0.325. The fraction of sp³-hybridized carbons (Fsp3) is 0.219. The molecule has 4 aromatic rings. The number of carbonyl (C=O) groups is 1. The van der Waals surface area contributed by atoms with E-state index in [2.05, 4.69) is 75.1 Å². The zero-order chi connectivity index (χ0) is 26.2. The number of aromatic nitrogens is 1. The van der Waals surface area contributed by atoms with Gasteiger partial charge in [-0.1, -0.05) is 54.6 Å². The summed E-state index contributed by atoms with van der Waals surface area (Å²) in [6.07, 6.45) is 4.42. The van der Waals surface area contributed by atoms with Crippen LogP contribution in [0.1, 0.15) is 45.6 Å². The van der Waals surface area contributed by atoms with Crippen LogP contribution < -0.4 is 10.6 Å². The van der Waals surface area contributed by atoms with Crippen molar-refractivity contribution in [1.29, 1.82) is 5.26 Å². The first-order valence-electron chi connectivity index (χ1n) is 13.0. The highest BCUT2D eigenvalue weighted by atomic mass is 16.1. The molecule has 0 radical (unpaired) electrons. The largest absolute Gasteiger partial charge is 0.354 e. The van der Waals surface area contributed by atoms with Gasteiger partial charge in [0.2, 0.25) is 0 Å². The van der Waals surface area contributed by atoms with Crippen LogP contribution in [0.2, 0.25) is 0 Å². The molecule has 1 saturated heterocycles. The number of nitrogens with one attached hydrogen (secondary N) is 2. The lowest BCUT2D eigenvalue weighted by atomic mass is 10.0. The maximum Gasteiger partial charge on any atom is 0.270 e. The molecule has 0 saturated carbocycles. The van der Waals surface area contributed by atoms with Crippen molar-refractivity contribution in [2.75, 3.05) is 18.4 Å². The number of piperidine rings is 1. The number of nitriles is 1. The van der Waals surface area contributed by atoms with Gasteiger partial charge in [-0.05, 0) is 72.4 Å². The van der Waals surface area contributed by atoms with Crippen LogP contribution >= 0.6 is 0 Å². The number of pyridine rings is 1. The average Bonchev–Trinajstić information content (AvgIpc) is 2.96. The van der Waals surface area contributed by atoms with Crippen LogP contribution in [0.4, 0.5) is 11.4 Å². The first kappa shape index (κ1) is 25.2. The Hall–Kier alpha value is -4.47. The SMILES string of the molecule is N#Cc1ccc(CN2CCC(NC(=O)c3ccc(Nc4ccc(Cc5ccccc5)cc4)cn3)CC2)cc1. The van der Waals surface area contributed by atoms with Gasteiger partial charge in [0, 0.05) is 31.4 Å². The van der Waals surface area contributed by atoms with Crippen LogP contribution in [0.15, 0.2) is 97.2 Å². The fourth-order valence-electron chi connectivity index (χ4n) is 4.74. The van der Waals surface area contributed by atoms with E-state index in [1.54, 1.807) is 12.3 Å². The summed E-state index contributed by atoms with van der Waals surface area (Å²) in [5.74, 6) is -0.132. The summed E-state index contributed by atoms with van der Waals surface area (Å²) < 4.78 is 0. The first-order valence-corrected chi connectivity index (χ1v) is 13.0. The van der Waals surface area contributed by atoms with Gasteiger partial charge in [0.15, 0.2) is 0 Å². The Morgan fingerprint density at radius 2 is 1.50 bits per heavy atom. The minimum atomic E-state index is -0.132. The van der Waals surface area contributed by atoms with Gasteiger partial charge < -0.3 is 10.6 Å². The average molecular weight is 502 g/mol. The van der Waals surface area contributed by atoms with Crippen LogP contribution in [-0.2, 0) is 13.0 Å². The smallest absolute Gasteiger partial charge is 0.270 e. The molecule has 0 aliphatic carbocycles. The third kappa shape index (κ3) is 6.84. The predicted molar refractivity (Wildman–Crippen MR) is 150 cm³/mol. The second kappa shape index (κ2) is 12.2. The summed E-state index contributed by atoms with van der Waals surface area (Å²) in [6.45, 7) is 2.70. The highest BCUT2D eigenvalue weighted by Crippen LogP contribution is 2.19. The van der Waals surface area contributed by atoms with Crippen LogP contribution in [-0.4, -0.2) is 34.9 Å². The fourth-order valence-corrected chi connectivity index (χ4v) is 4.74. The Labute approximate surface area is 224 Å². The molecule has 5 rings (SSSR count). The molecule has 2 N–H and O–H groups in total. The first-order chi connectivity index (χ1) is 18.6. The number of anilines is 2. The maximum atomic E-state index is 12.8. The molecule has 0 unspecified atom stereocenters. The second-order valence-corrected chi connectivity index (χ2v) is 9.75. The molecule has 1 fully saturated rings. The molecule has 6 nitrogen and oxygen atoms in total. The van der Waals surface area contributed by atoms with Crippen molar-refractivity contribution in [1.82, 2.24) is 15.2 Å². The van der Waals surface area contributed by atoms with Gasteiger partial charge in [-0.3, -0.25) is 9.69 Å². The van der Waals surface area contributed by atoms with Crippen LogP contribution in [0.3, 0.4) is 0 Å². The number of nitrogens with zero attached hydrogens (tertiary/aromatic N) is 3. The van der Waals surface area contributed by atoms with E-state index in [4.69, 9.17) is 5.26 Å². The second-order valence-electron chi connectivity index (χ2n) is 9.75. The normalized spacial score (nSPS) is 14.0.